The van der Waals surface area contributed by atoms with Crippen molar-refractivity contribution in [3.63, 3.8) is 0 Å². The second-order valence-corrected chi connectivity index (χ2v) is 6.36. The van der Waals surface area contributed by atoms with E-state index in [-0.39, 0.29) is 0 Å². The molecule has 0 spiro atoms. The van der Waals surface area contributed by atoms with Crippen molar-refractivity contribution >= 4 is 11.4 Å². The number of likely N-dealkylation sites (tertiary alicyclic amines) is 1. The van der Waals surface area contributed by atoms with Gasteiger partial charge < -0.3 is 20.3 Å². The summed E-state index contributed by atoms with van der Waals surface area (Å²) < 4.78 is 5.32. The molecule has 0 saturated carbocycles. The Bertz CT molecular complexity index is 463. The maximum atomic E-state index is 6.14. The number of hydrogen-bond acceptors (Lipinski definition) is 4. The number of rotatable bonds is 4. The van der Waals surface area contributed by atoms with E-state index in [1.54, 1.807) is 7.11 Å². The van der Waals surface area contributed by atoms with Crippen LogP contribution in [0, 0.1) is 5.92 Å². The molecule has 1 aromatic rings. The molecule has 3 rings (SSSR count). The molecule has 1 aromatic carbocycles. The van der Waals surface area contributed by atoms with E-state index in [9.17, 15) is 0 Å². The van der Waals surface area contributed by atoms with Gasteiger partial charge in [-0.3, -0.25) is 0 Å². The van der Waals surface area contributed by atoms with Gasteiger partial charge in [0.15, 0.2) is 0 Å². The molecule has 0 radical (unpaired) electrons. The maximum absolute atomic E-state index is 6.14. The number of methoxy groups -OCH3 is 1. The van der Waals surface area contributed by atoms with Gasteiger partial charge in [0, 0.05) is 25.7 Å². The van der Waals surface area contributed by atoms with Crippen LogP contribution in [0.5, 0.6) is 5.75 Å². The number of benzene rings is 1. The molecule has 0 bridgehead atoms. The molecular weight excluding hydrogens is 262 g/mol. The predicted octanol–water partition coefficient (Wildman–Crippen LogP) is 2.59. The summed E-state index contributed by atoms with van der Waals surface area (Å²) in [4.78, 5) is 5.05. The molecule has 2 aliphatic heterocycles. The molecule has 0 amide bonds. The van der Waals surface area contributed by atoms with Gasteiger partial charge in [0.1, 0.15) is 5.75 Å². The fourth-order valence-corrected chi connectivity index (χ4v) is 3.61. The van der Waals surface area contributed by atoms with Crippen LogP contribution in [0.15, 0.2) is 18.2 Å². The molecule has 0 aliphatic carbocycles. The molecular formula is C17H27N3O. The van der Waals surface area contributed by atoms with Crippen LogP contribution in [0.1, 0.15) is 25.7 Å². The summed E-state index contributed by atoms with van der Waals surface area (Å²) >= 11 is 0. The number of nitrogens with zero attached hydrogens (tertiary/aromatic N) is 2. The van der Waals surface area contributed by atoms with Crippen molar-refractivity contribution in [1.29, 1.82) is 0 Å². The van der Waals surface area contributed by atoms with Gasteiger partial charge >= 0.3 is 0 Å². The maximum Gasteiger partial charge on any atom is 0.121 e. The average molecular weight is 289 g/mol. The van der Waals surface area contributed by atoms with Crippen LogP contribution in [0.4, 0.5) is 11.4 Å². The van der Waals surface area contributed by atoms with E-state index in [1.165, 1.54) is 45.3 Å². The SMILES string of the molecule is COc1ccc(N)c(N2CCC(CN3CCCC3)CC2)c1. The van der Waals surface area contributed by atoms with Crippen LogP contribution in [0.3, 0.4) is 0 Å². The molecule has 4 nitrogen and oxygen atoms in total. The Hall–Kier alpha value is -1.42. The number of hydrogen-bond donors (Lipinski definition) is 1. The van der Waals surface area contributed by atoms with Crippen LogP contribution in [-0.2, 0) is 0 Å². The van der Waals surface area contributed by atoms with E-state index in [4.69, 9.17) is 10.5 Å². The Morgan fingerprint density at radius 1 is 1.14 bits per heavy atom. The third-order valence-electron chi connectivity index (χ3n) is 4.91. The molecule has 0 unspecified atom stereocenters. The molecule has 116 valence electrons. The quantitative estimate of drug-likeness (QED) is 0.865. The van der Waals surface area contributed by atoms with E-state index in [0.29, 0.717) is 0 Å². The second kappa shape index (κ2) is 6.56. The van der Waals surface area contributed by atoms with E-state index < -0.39 is 0 Å². The van der Waals surface area contributed by atoms with Crippen molar-refractivity contribution < 1.29 is 4.74 Å². The van der Waals surface area contributed by atoms with E-state index in [1.807, 2.05) is 12.1 Å². The number of ether oxygens (including phenoxy) is 1. The Balaban J connectivity index is 1.57. The minimum Gasteiger partial charge on any atom is -0.497 e. The zero-order valence-corrected chi connectivity index (χ0v) is 13.1. The van der Waals surface area contributed by atoms with Gasteiger partial charge in [-0.05, 0) is 56.8 Å². The second-order valence-electron chi connectivity index (χ2n) is 6.36. The Morgan fingerprint density at radius 3 is 2.52 bits per heavy atom. The lowest BCUT2D eigenvalue weighted by atomic mass is 9.95. The molecule has 0 aromatic heterocycles. The fourth-order valence-electron chi connectivity index (χ4n) is 3.61. The molecule has 2 saturated heterocycles. The van der Waals surface area contributed by atoms with Crippen molar-refractivity contribution in [3.05, 3.63) is 18.2 Å². The number of nitrogen functional groups attached to an aromatic ring is 1. The van der Waals surface area contributed by atoms with Gasteiger partial charge in [-0.1, -0.05) is 0 Å². The normalized spacial score (nSPS) is 20.9. The molecule has 0 atom stereocenters. The first kappa shape index (κ1) is 14.5. The van der Waals surface area contributed by atoms with Crippen LogP contribution < -0.4 is 15.4 Å². The minimum absolute atomic E-state index is 0.853. The number of piperidine rings is 1. The van der Waals surface area contributed by atoms with Gasteiger partial charge in [0.2, 0.25) is 0 Å². The third kappa shape index (κ3) is 3.43. The minimum atomic E-state index is 0.853. The molecule has 2 N–H and O–H groups in total. The van der Waals surface area contributed by atoms with Gasteiger partial charge in [0.25, 0.3) is 0 Å². The molecule has 4 heteroatoms. The zero-order chi connectivity index (χ0) is 14.7. The van der Waals surface area contributed by atoms with Crippen LogP contribution in [0.2, 0.25) is 0 Å². The average Bonchev–Trinajstić information content (AvgIpc) is 3.02. The smallest absolute Gasteiger partial charge is 0.121 e. The van der Waals surface area contributed by atoms with Crippen molar-refractivity contribution in [2.75, 3.05) is 50.5 Å². The monoisotopic (exact) mass is 289 g/mol. The van der Waals surface area contributed by atoms with Crippen LogP contribution in [0.25, 0.3) is 0 Å². The topological polar surface area (TPSA) is 41.7 Å². The van der Waals surface area contributed by atoms with Gasteiger partial charge in [-0.15, -0.1) is 0 Å². The molecule has 2 fully saturated rings. The number of anilines is 2. The van der Waals surface area contributed by atoms with Crippen LogP contribution >= 0.6 is 0 Å². The largest absolute Gasteiger partial charge is 0.497 e. The zero-order valence-electron chi connectivity index (χ0n) is 13.1. The van der Waals surface area contributed by atoms with E-state index in [2.05, 4.69) is 15.9 Å². The highest BCUT2D eigenvalue weighted by atomic mass is 16.5. The summed E-state index contributed by atoms with van der Waals surface area (Å²) in [6, 6.07) is 5.94. The lowest BCUT2D eigenvalue weighted by molar-refractivity contribution is 0.249. The predicted molar refractivity (Wildman–Crippen MR) is 88.0 cm³/mol. The molecule has 2 aliphatic rings. The summed E-state index contributed by atoms with van der Waals surface area (Å²) in [5.74, 6) is 1.74. The molecule has 2 heterocycles. The highest BCUT2D eigenvalue weighted by molar-refractivity contribution is 5.69. The first-order valence-electron chi connectivity index (χ1n) is 8.17. The summed E-state index contributed by atoms with van der Waals surface area (Å²) in [6.45, 7) is 6.12. The van der Waals surface area contributed by atoms with Gasteiger partial charge in [0.05, 0.1) is 18.5 Å². The Morgan fingerprint density at radius 2 is 1.86 bits per heavy atom. The van der Waals surface area contributed by atoms with Gasteiger partial charge in [-0.25, -0.2) is 0 Å². The van der Waals surface area contributed by atoms with Crippen molar-refractivity contribution in [1.82, 2.24) is 4.90 Å². The summed E-state index contributed by atoms with van der Waals surface area (Å²) in [5, 5.41) is 0. The number of nitrogens with two attached hydrogens (primary N) is 1. The standard InChI is InChI=1S/C17H27N3O/c1-21-15-4-5-16(18)17(12-15)20-10-6-14(7-11-20)13-19-8-2-3-9-19/h4-5,12,14H,2-3,6-11,13,18H2,1H3. The van der Waals surface area contributed by atoms with E-state index in [0.717, 1.165) is 36.1 Å². The van der Waals surface area contributed by atoms with Crippen molar-refractivity contribution in [2.45, 2.75) is 25.7 Å². The fraction of sp³-hybridized carbons (Fsp3) is 0.647. The first-order chi connectivity index (χ1) is 10.3. The van der Waals surface area contributed by atoms with E-state index >= 15 is 0 Å². The Kier molecular flexibility index (Phi) is 4.54. The molecule has 21 heavy (non-hydrogen) atoms. The summed E-state index contributed by atoms with van der Waals surface area (Å²) in [6.07, 6.45) is 5.32. The first-order valence-corrected chi connectivity index (χ1v) is 8.17. The van der Waals surface area contributed by atoms with Crippen molar-refractivity contribution in [2.24, 2.45) is 5.92 Å². The lowest BCUT2D eigenvalue weighted by Crippen LogP contribution is -2.38. The highest BCUT2D eigenvalue weighted by Crippen LogP contribution is 2.31. The van der Waals surface area contributed by atoms with Crippen molar-refractivity contribution in [3.8, 4) is 5.75 Å². The third-order valence-corrected chi connectivity index (χ3v) is 4.91. The lowest BCUT2D eigenvalue weighted by Gasteiger charge is -2.35. The highest BCUT2D eigenvalue weighted by Gasteiger charge is 2.23. The van der Waals surface area contributed by atoms with Gasteiger partial charge in [-0.2, -0.15) is 0 Å². The van der Waals surface area contributed by atoms with Crippen LogP contribution in [-0.4, -0.2) is 44.7 Å². The summed E-state index contributed by atoms with van der Waals surface area (Å²) in [7, 11) is 1.71. The Labute approximate surface area is 127 Å². The summed E-state index contributed by atoms with van der Waals surface area (Å²) in [5.41, 5.74) is 8.12.